The van der Waals surface area contributed by atoms with Crippen molar-refractivity contribution in [1.29, 1.82) is 0 Å². The first-order valence-electron chi connectivity index (χ1n) is 7.42. The second kappa shape index (κ2) is 5.31. The molecule has 2 aliphatic rings. The first-order valence-corrected chi connectivity index (χ1v) is 7.42. The zero-order chi connectivity index (χ0) is 15.0. The summed E-state index contributed by atoms with van der Waals surface area (Å²) in [5.74, 6) is -0.631. The van der Waals surface area contributed by atoms with Crippen molar-refractivity contribution in [1.82, 2.24) is 4.90 Å². The number of nitrogens with zero attached hydrogens (tertiary/aromatic N) is 2. The average Bonchev–Trinajstić information content (AvgIpc) is 2.94. The largest absolute Gasteiger partial charge is 0.327 e. The van der Waals surface area contributed by atoms with Gasteiger partial charge in [-0.3, -0.25) is 14.4 Å². The molecule has 5 nitrogen and oxygen atoms in total. The number of rotatable bonds is 2. The van der Waals surface area contributed by atoms with E-state index in [0.29, 0.717) is 37.1 Å². The van der Waals surface area contributed by atoms with Gasteiger partial charge in [-0.25, -0.2) is 4.90 Å². The number of fused-ring (bicyclic) bond motifs is 2. The minimum absolute atomic E-state index is 0.145. The van der Waals surface area contributed by atoms with Crippen LogP contribution in [0.2, 0.25) is 0 Å². The molecule has 1 aromatic rings. The number of hydrogen-bond acceptors (Lipinski definition) is 3. The lowest BCUT2D eigenvalue weighted by Gasteiger charge is -2.24. The third-order valence-corrected chi connectivity index (χ3v) is 4.11. The molecule has 2 aliphatic heterocycles. The molecule has 3 amide bonds. The number of carbonyl (C=O) groups is 3. The van der Waals surface area contributed by atoms with E-state index in [9.17, 15) is 14.4 Å². The Morgan fingerprint density at radius 2 is 2.05 bits per heavy atom. The zero-order valence-electron chi connectivity index (χ0n) is 12.0. The second-order valence-corrected chi connectivity index (χ2v) is 5.49. The fourth-order valence-electron chi connectivity index (χ4n) is 3.12. The Kier molecular flexibility index (Phi) is 3.49. The molecule has 0 saturated carbocycles. The van der Waals surface area contributed by atoms with Gasteiger partial charge in [0.1, 0.15) is 6.04 Å². The van der Waals surface area contributed by atoms with Crippen LogP contribution in [0.15, 0.2) is 24.3 Å². The van der Waals surface area contributed by atoms with Crippen molar-refractivity contribution in [2.75, 3.05) is 11.4 Å². The quantitative estimate of drug-likeness (QED) is 0.835. The van der Waals surface area contributed by atoms with E-state index in [1.807, 2.05) is 6.92 Å². The van der Waals surface area contributed by atoms with Crippen LogP contribution in [-0.4, -0.2) is 35.2 Å². The molecule has 21 heavy (non-hydrogen) atoms. The Labute approximate surface area is 123 Å². The lowest BCUT2D eigenvalue weighted by Crippen LogP contribution is -2.47. The Morgan fingerprint density at radius 1 is 1.29 bits per heavy atom. The molecule has 1 saturated heterocycles. The van der Waals surface area contributed by atoms with Gasteiger partial charge in [0, 0.05) is 13.0 Å². The molecule has 1 unspecified atom stereocenters. The van der Waals surface area contributed by atoms with Gasteiger partial charge in [0.2, 0.25) is 5.91 Å². The third kappa shape index (κ3) is 2.13. The monoisotopic (exact) mass is 286 g/mol. The summed E-state index contributed by atoms with van der Waals surface area (Å²) in [6, 6.07) is 6.40. The van der Waals surface area contributed by atoms with Crippen LogP contribution in [0.4, 0.5) is 5.69 Å². The number of anilines is 1. The van der Waals surface area contributed by atoms with Crippen LogP contribution < -0.4 is 4.90 Å². The van der Waals surface area contributed by atoms with Crippen LogP contribution in [-0.2, 0) is 9.59 Å². The lowest BCUT2D eigenvalue weighted by atomic mass is 10.1. The predicted octanol–water partition coefficient (Wildman–Crippen LogP) is 1.96. The number of benzene rings is 1. The summed E-state index contributed by atoms with van der Waals surface area (Å²) in [6.45, 7) is 2.48. The summed E-state index contributed by atoms with van der Waals surface area (Å²) in [7, 11) is 0. The fourth-order valence-corrected chi connectivity index (χ4v) is 3.12. The van der Waals surface area contributed by atoms with E-state index in [2.05, 4.69) is 0 Å². The van der Waals surface area contributed by atoms with Crippen LogP contribution >= 0.6 is 0 Å². The Bertz CT molecular complexity index is 611. The molecule has 3 rings (SSSR count). The van der Waals surface area contributed by atoms with E-state index in [0.717, 1.165) is 6.42 Å². The maximum absolute atomic E-state index is 12.8. The van der Waals surface area contributed by atoms with E-state index < -0.39 is 6.04 Å². The summed E-state index contributed by atoms with van der Waals surface area (Å²) >= 11 is 0. The molecule has 5 heteroatoms. The van der Waals surface area contributed by atoms with E-state index in [4.69, 9.17) is 0 Å². The van der Waals surface area contributed by atoms with Gasteiger partial charge in [-0.15, -0.1) is 0 Å². The Hall–Kier alpha value is -2.17. The molecule has 1 atom stereocenters. The standard InChI is InChI=1S/C16H18N2O3/c1-2-6-14(19)18-12-8-4-3-7-11(12)15(20)17-10-5-9-13(17)16(18)21/h3-4,7-8,13H,2,5-6,9-10H2,1H3. The van der Waals surface area contributed by atoms with Gasteiger partial charge >= 0.3 is 0 Å². The maximum atomic E-state index is 12.8. The highest BCUT2D eigenvalue weighted by Gasteiger charge is 2.43. The van der Waals surface area contributed by atoms with Crippen LogP contribution in [0.1, 0.15) is 43.0 Å². The first-order chi connectivity index (χ1) is 10.1. The second-order valence-electron chi connectivity index (χ2n) is 5.49. The van der Waals surface area contributed by atoms with Crippen molar-refractivity contribution in [3.05, 3.63) is 29.8 Å². The molecule has 0 N–H and O–H groups in total. The summed E-state index contributed by atoms with van der Waals surface area (Å²) in [6.07, 6.45) is 2.42. The van der Waals surface area contributed by atoms with Crippen molar-refractivity contribution in [2.24, 2.45) is 0 Å². The minimum Gasteiger partial charge on any atom is -0.327 e. The van der Waals surface area contributed by atoms with E-state index >= 15 is 0 Å². The minimum atomic E-state index is -0.495. The summed E-state index contributed by atoms with van der Waals surface area (Å²) in [5, 5.41) is 0. The number of para-hydroxylation sites is 1. The molecule has 0 aliphatic carbocycles. The normalized spacial score (nSPS) is 21.1. The van der Waals surface area contributed by atoms with Gasteiger partial charge in [-0.05, 0) is 31.4 Å². The smallest absolute Gasteiger partial charge is 0.256 e. The van der Waals surface area contributed by atoms with Gasteiger partial charge in [-0.2, -0.15) is 0 Å². The zero-order valence-corrected chi connectivity index (χ0v) is 12.0. The molecule has 1 fully saturated rings. The topological polar surface area (TPSA) is 57.7 Å². The molecule has 0 spiro atoms. The van der Waals surface area contributed by atoms with E-state index in [-0.39, 0.29) is 17.7 Å². The van der Waals surface area contributed by atoms with Gasteiger partial charge in [-0.1, -0.05) is 19.1 Å². The summed E-state index contributed by atoms with van der Waals surface area (Å²) in [4.78, 5) is 40.6. The van der Waals surface area contributed by atoms with Gasteiger partial charge in [0.05, 0.1) is 11.3 Å². The SMILES string of the molecule is CCCC(=O)N1C(=O)C2CCCN2C(=O)c2ccccc21. The molecule has 1 aromatic carbocycles. The van der Waals surface area contributed by atoms with Crippen LogP contribution in [0.25, 0.3) is 0 Å². The van der Waals surface area contributed by atoms with Crippen LogP contribution in [0, 0.1) is 0 Å². The lowest BCUT2D eigenvalue weighted by molar-refractivity contribution is -0.128. The highest BCUT2D eigenvalue weighted by atomic mass is 16.2. The Balaban J connectivity index is 2.13. The van der Waals surface area contributed by atoms with E-state index in [1.54, 1.807) is 29.2 Å². The van der Waals surface area contributed by atoms with Crippen molar-refractivity contribution < 1.29 is 14.4 Å². The third-order valence-electron chi connectivity index (χ3n) is 4.11. The molecule has 0 bridgehead atoms. The van der Waals surface area contributed by atoms with Crippen LogP contribution in [0.5, 0.6) is 0 Å². The molecule has 110 valence electrons. The highest BCUT2D eigenvalue weighted by molar-refractivity contribution is 6.22. The number of imide groups is 1. The van der Waals surface area contributed by atoms with Crippen molar-refractivity contribution in [2.45, 2.75) is 38.6 Å². The van der Waals surface area contributed by atoms with Gasteiger partial charge < -0.3 is 4.90 Å². The van der Waals surface area contributed by atoms with Gasteiger partial charge in [0.15, 0.2) is 0 Å². The maximum Gasteiger partial charge on any atom is 0.256 e. The molecular weight excluding hydrogens is 268 g/mol. The van der Waals surface area contributed by atoms with E-state index in [1.165, 1.54) is 4.90 Å². The molecule has 2 heterocycles. The highest BCUT2D eigenvalue weighted by Crippen LogP contribution is 2.32. The molecule has 0 radical (unpaired) electrons. The summed E-state index contributed by atoms with van der Waals surface area (Å²) in [5.41, 5.74) is 0.875. The number of hydrogen-bond donors (Lipinski definition) is 0. The van der Waals surface area contributed by atoms with Crippen LogP contribution in [0.3, 0.4) is 0 Å². The fraction of sp³-hybridized carbons (Fsp3) is 0.438. The summed E-state index contributed by atoms with van der Waals surface area (Å²) < 4.78 is 0. The van der Waals surface area contributed by atoms with Crippen molar-refractivity contribution >= 4 is 23.4 Å². The predicted molar refractivity (Wildman–Crippen MR) is 77.9 cm³/mol. The van der Waals surface area contributed by atoms with Crippen molar-refractivity contribution in [3.63, 3.8) is 0 Å². The molecular formula is C16H18N2O3. The van der Waals surface area contributed by atoms with Crippen molar-refractivity contribution in [3.8, 4) is 0 Å². The first kappa shape index (κ1) is 13.8. The Morgan fingerprint density at radius 3 is 2.81 bits per heavy atom. The van der Waals surface area contributed by atoms with Gasteiger partial charge in [0.25, 0.3) is 11.8 Å². The molecule has 0 aromatic heterocycles. The number of carbonyl (C=O) groups excluding carboxylic acids is 3. The average molecular weight is 286 g/mol. The number of amides is 3.